The van der Waals surface area contributed by atoms with Gasteiger partial charge in [0.05, 0.1) is 6.04 Å². The molecule has 4 atom stereocenters. The molecule has 0 bridgehead atoms. The summed E-state index contributed by atoms with van der Waals surface area (Å²) in [4.78, 5) is 71.1. The van der Waals surface area contributed by atoms with Crippen LogP contribution in [-0.4, -0.2) is 82.2 Å². The Balaban J connectivity index is 5.47. The summed E-state index contributed by atoms with van der Waals surface area (Å²) in [5, 5.41) is 24.9. The molecule has 14 nitrogen and oxygen atoms in total. The summed E-state index contributed by atoms with van der Waals surface area (Å²) >= 11 is 3.84. The van der Waals surface area contributed by atoms with Gasteiger partial charge in [0.1, 0.15) is 18.1 Å². The lowest BCUT2D eigenvalue weighted by Crippen LogP contribution is -2.57. The van der Waals surface area contributed by atoms with Crippen molar-refractivity contribution in [2.75, 3.05) is 12.3 Å². The fourth-order valence-corrected chi connectivity index (χ4v) is 2.99. The molecule has 4 unspecified atom stereocenters. The summed E-state index contributed by atoms with van der Waals surface area (Å²) in [7, 11) is 0. The zero-order valence-electron chi connectivity index (χ0n) is 18.7. The van der Waals surface area contributed by atoms with E-state index in [2.05, 4.69) is 28.6 Å². The Morgan fingerprint density at radius 3 is 1.71 bits per heavy atom. The molecule has 194 valence electrons. The number of nitrogens with two attached hydrogens (primary N) is 3. The molecule has 0 rings (SSSR count). The molecule has 0 aliphatic rings. The van der Waals surface area contributed by atoms with E-state index < -0.39 is 66.2 Å². The molecule has 34 heavy (non-hydrogen) atoms. The Bertz CT molecular complexity index is 738. The number of hydrogen-bond acceptors (Lipinski definition) is 9. The zero-order chi connectivity index (χ0) is 26.3. The monoisotopic (exact) mass is 506 g/mol. The first-order valence-corrected chi connectivity index (χ1v) is 11.3. The molecule has 15 heteroatoms. The maximum atomic E-state index is 12.8. The fourth-order valence-electron chi connectivity index (χ4n) is 2.74. The number of primary amides is 1. The van der Waals surface area contributed by atoms with Crippen LogP contribution in [0.4, 0.5) is 0 Å². The Labute approximate surface area is 202 Å². The minimum atomic E-state index is -1.39. The first kappa shape index (κ1) is 31.1. The van der Waals surface area contributed by atoms with E-state index in [4.69, 9.17) is 27.4 Å². The molecule has 11 N–H and O–H groups in total. The van der Waals surface area contributed by atoms with E-state index in [1.165, 1.54) is 0 Å². The van der Waals surface area contributed by atoms with Gasteiger partial charge in [-0.3, -0.25) is 24.0 Å². The molecule has 0 spiro atoms. The zero-order valence-corrected chi connectivity index (χ0v) is 19.6. The number of thiol groups is 1. The van der Waals surface area contributed by atoms with Crippen LogP contribution in [0.1, 0.15) is 44.9 Å². The van der Waals surface area contributed by atoms with Gasteiger partial charge in [0, 0.05) is 18.6 Å². The summed E-state index contributed by atoms with van der Waals surface area (Å²) in [6.45, 7) is 0.419. The van der Waals surface area contributed by atoms with Gasteiger partial charge in [-0.15, -0.1) is 0 Å². The van der Waals surface area contributed by atoms with E-state index in [1.54, 1.807) is 0 Å². The first-order valence-electron chi connectivity index (χ1n) is 10.6. The number of amides is 4. The molecule has 0 aromatic rings. The molecular weight excluding hydrogens is 472 g/mol. The maximum Gasteiger partial charge on any atom is 0.327 e. The van der Waals surface area contributed by atoms with E-state index in [9.17, 15) is 28.8 Å². The molecule has 0 aromatic heterocycles. The summed E-state index contributed by atoms with van der Waals surface area (Å²) in [6, 6.07) is -5.07. The van der Waals surface area contributed by atoms with Crippen LogP contribution in [0.3, 0.4) is 0 Å². The number of hydrogen-bond donors (Lipinski definition) is 9. The minimum absolute atomic E-state index is 0.239. The highest BCUT2D eigenvalue weighted by Gasteiger charge is 2.30. The topological polar surface area (TPSA) is 257 Å². The Morgan fingerprint density at radius 2 is 1.26 bits per heavy atom. The van der Waals surface area contributed by atoms with Crippen LogP contribution in [0, 0.1) is 0 Å². The van der Waals surface area contributed by atoms with Gasteiger partial charge in [0.25, 0.3) is 0 Å². The molecule has 0 radical (unpaired) electrons. The summed E-state index contributed by atoms with van der Waals surface area (Å²) in [5.41, 5.74) is 16.3. The lowest BCUT2D eigenvalue weighted by atomic mass is 10.1. The maximum absolute atomic E-state index is 12.8. The number of carboxylic acids is 2. The van der Waals surface area contributed by atoms with Gasteiger partial charge in [-0.1, -0.05) is 6.42 Å². The number of aliphatic carboxylic acids is 2. The van der Waals surface area contributed by atoms with Gasteiger partial charge in [-0.2, -0.15) is 12.6 Å². The van der Waals surface area contributed by atoms with Crippen molar-refractivity contribution in [3.8, 4) is 0 Å². The first-order chi connectivity index (χ1) is 15.9. The smallest absolute Gasteiger partial charge is 0.327 e. The Morgan fingerprint density at radius 1 is 0.765 bits per heavy atom. The van der Waals surface area contributed by atoms with Crippen molar-refractivity contribution < 1.29 is 39.0 Å². The van der Waals surface area contributed by atoms with E-state index in [1.807, 2.05) is 0 Å². The number of carboxylic acid groups (broad SMARTS) is 2. The van der Waals surface area contributed by atoms with Crippen molar-refractivity contribution in [2.24, 2.45) is 17.2 Å². The van der Waals surface area contributed by atoms with Crippen LogP contribution >= 0.6 is 12.6 Å². The largest absolute Gasteiger partial charge is 0.481 e. The summed E-state index contributed by atoms with van der Waals surface area (Å²) < 4.78 is 0. The van der Waals surface area contributed by atoms with Crippen molar-refractivity contribution in [1.82, 2.24) is 16.0 Å². The number of carbonyl (C=O) groups excluding carboxylic acids is 4. The molecule has 0 saturated carbocycles. The fraction of sp³-hybridized carbons (Fsp3) is 0.684. The normalized spacial score (nSPS) is 14.2. The molecule has 0 aromatic carbocycles. The van der Waals surface area contributed by atoms with Gasteiger partial charge >= 0.3 is 11.9 Å². The predicted octanol–water partition coefficient (Wildman–Crippen LogP) is -2.96. The molecule has 0 fully saturated rings. The van der Waals surface area contributed by atoms with Crippen LogP contribution in [0.15, 0.2) is 0 Å². The van der Waals surface area contributed by atoms with Gasteiger partial charge in [-0.25, -0.2) is 4.79 Å². The standard InChI is InChI=1S/C19H34N6O8S/c20-8-2-1-3-10(21)16(29)23-12(5-7-15(27)28)17(30)24-11(4-6-14(22)26)18(31)25-13(9-34)19(32)33/h10-13,34H,1-9,20-21H2,(H2,22,26)(H,23,29)(H,24,30)(H,25,31)(H,27,28)(H,32,33). The van der Waals surface area contributed by atoms with Crippen molar-refractivity contribution in [1.29, 1.82) is 0 Å². The molecule has 0 heterocycles. The Kier molecular flexibility index (Phi) is 15.2. The highest BCUT2D eigenvalue weighted by molar-refractivity contribution is 7.80. The van der Waals surface area contributed by atoms with Crippen molar-refractivity contribution in [2.45, 2.75) is 69.1 Å². The number of rotatable bonds is 18. The van der Waals surface area contributed by atoms with Crippen molar-refractivity contribution in [3.05, 3.63) is 0 Å². The lowest BCUT2D eigenvalue weighted by Gasteiger charge is -2.24. The molecule has 0 aliphatic heterocycles. The predicted molar refractivity (Wildman–Crippen MR) is 123 cm³/mol. The van der Waals surface area contributed by atoms with E-state index in [0.29, 0.717) is 25.8 Å². The van der Waals surface area contributed by atoms with Crippen LogP contribution in [0.2, 0.25) is 0 Å². The van der Waals surface area contributed by atoms with Crippen LogP contribution < -0.4 is 33.2 Å². The third-order valence-corrected chi connectivity index (χ3v) is 5.06. The SMILES string of the molecule is NCCCCC(N)C(=O)NC(CCC(=O)O)C(=O)NC(CCC(N)=O)C(=O)NC(CS)C(=O)O. The second-order valence-electron chi connectivity index (χ2n) is 7.53. The van der Waals surface area contributed by atoms with Gasteiger partial charge in [0.15, 0.2) is 0 Å². The van der Waals surface area contributed by atoms with Crippen LogP contribution in [-0.2, 0) is 28.8 Å². The summed E-state index contributed by atoms with van der Waals surface area (Å²) in [5.74, 6) is -6.11. The van der Waals surface area contributed by atoms with Crippen molar-refractivity contribution in [3.63, 3.8) is 0 Å². The minimum Gasteiger partial charge on any atom is -0.481 e. The molecule has 0 aliphatic carbocycles. The Hall–Kier alpha value is -2.91. The van der Waals surface area contributed by atoms with Gasteiger partial charge in [-0.05, 0) is 32.2 Å². The van der Waals surface area contributed by atoms with Crippen LogP contribution in [0.5, 0.6) is 0 Å². The third-order valence-electron chi connectivity index (χ3n) is 4.70. The second kappa shape index (κ2) is 16.7. The molecule has 4 amide bonds. The highest BCUT2D eigenvalue weighted by atomic mass is 32.1. The lowest BCUT2D eigenvalue weighted by molar-refractivity contribution is -0.141. The quantitative estimate of drug-likeness (QED) is 0.0674. The summed E-state index contributed by atoms with van der Waals surface area (Å²) in [6.07, 6.45) is 0.159. The van der Waals surface area contributed by atoms with E-state index in [-0.39, 0.29) is 25.0 Å². The number of carbonyl (C=O) groups is 6. The third kappa shape index (κ3) is 13.0. The average molecular weight is 507 g/mol. The van der Waals surface area contributed by atoms with Gasteiger partial charge < -0.3 is 43.4 Å². The van der Waals surface area contributed by atoms with E-state index >= 15 is 0 Å². The van der Waals surface area contributed by atoms with Crippen LogP contribution in [0.25, 0.3) is 0 Å². The molecular formula is C19H34N6O8S. The number of nitrogens with one attached hydrogen (secondary N) is 3. The highest BCUT2D eigenvalue weighted by Crippen LogP contribution is 2.05. The van der Waals surface area contributed by atoms with Gasteiger partial charge in [0.2, 0.25) is 23.6 Å². The number of unbranched alkanes of at least 4 members (excludes halogenated alkanes) is 1. The molecule has 0 saturated heterocycles. The second-order valence-corrected chi connectivity index (χ2v) is 7.90. The van der Waals surface area contributed by atoms with E-state index in [0.717, 1.165) is 0 Å². The van der Waals surface area contributed by atoms with Crippen molar-refractivity contribution >= 4 is 48.2 Å². The average Bonchev–Trinajstić information content (AvgIpc) is 2.76.